The molecule has 2 N–H and O–H groups in total. The molecule has 0 saturated heterocycles. The van der Waals surface area contributed by atoms with E-state index in [0.29, 0.717) is 0 Å². The zero-order chi connectivity index (χ0) is 12.4. The van der Waals surface area contributed by atoms with E-state index in [4.69, 9.17) is 14.8 Å². The van der Waals surface area contributed by atoms with E-state index in [-0.39, 0.29) is 28.1 Å². The van der Waals surface area contributed by atoms with Gasteiger partial charge in [-0.25, -0.2) is 4.98 Å². The maximum atomic E-state index is 10.7. The van der Waals surface area contributed by atoms with E-state index in [1.54, 1.807) is 0 Å². The van der Waals surface area contributed by atoms with E-state index in [0.717, 1.165) is 6.07 Å². The van der Waals surface area contributed by atoms with Crippen LogP contribution in [0.5, 0.6) is 0 Å². The highest BCUT2D eigenvalue weighted by atomic mass is 16.8. The molecule has 1 aromatic heterocycles. The predicted molar refractivity (Wildman–Crippen MR) is 57.2 cm³/mol. The van der Waals surface area contributed by atoms with E-state index in [1.807, 2.05) is 0 Å². The first-order valence-corrected chi connectivity index (χ1v) is 4.45. The van der Waals surface area contributed by atoms with Gasteiger partial charge in [0.05, 0.1) is 11.9 Å². The molecule has 0 spiro atoms. The van der Waals surface area contributed by atoms with Crippen molar-refractivity contribution >= 4 is 11.4 Å². The molecule has 1 heterocycles. The zero-order valence-corrected chi connectivity index (χ0v) is 8.35. The Morgan fingerprint density at radius 3 is 2.35 bits per heavy atom. The van der Waals surface area contributed by atoms with Crippen molar-refractivity contribution in [2.75, 3.05) is 10.5 Å². The Bertz CT molecular complexity index is 471. The van der Waals surface area contributed by atoms with Gasteiger partial charge in [-0.3, -0.25) is 10.4 Å². The molecule has 0 fully saturated rings. The van der Waals surface area contributed by atoms with Gasteiger partial charge in [0.2, 0.25) is 5.89 Å². The van der Waals surface area contributed by atoms with E-state index in [9.17, 15) is 10.4 Å². The fraction of sp³-hybridized carbons (Fsp3) is 0. The monoisotopic (exact) mass is 237 g/mol. The first kappa shape index (κ1) is 11.4. The third kappa shape index (κ3) is 2.34. The summed E-state index contributed by atoms with van der Waals surface area (Å²) in [6.45, 7) is 0. The molecule has 0 amide bonds. The molecule has 0 aliphatic heterocycles. The lowest BCUT2D eigenvalue weighted by Gasteiger charge is -2.38. The molecular weight excluding hydrogens is 230 g/mol. The highest BCUT2D eigenvalue weighted by molar-refractivity contribution is 5.70. The van der Waals surface area contributed by atoms with Gasteiger partial charge in [-0.2, -0.15) is 0 Å². The lowest BCUT2D eigenvalue weighted by Crippen LogP contribution is -2.12. The summed E-state index contributed by atoms with van der Waals surface area (Å²) in [5.41, 5.74) is -0.191. The SMILES string of the molecule is [O-]N([O-])c1cc(-c2ncco2)cc(N(O)O)c1. The summed E-state index contributed by atoms with van der Waals surface area (Å²) in [7, 11) is 0. The van der Waals surface area contributed by atoms with Crippen LogP contribution in [0.4, 0.5) is 11.4 Å². The Kier molecular flexibility index (Phi) is 2.93. The van der Waals surface area contributed by atoms with Gasteiger partial charge in [-0.15, -0.1) is 5.23 Å². The molecule has 0 bridgehead atoms. The number of anilines is 2. The van der Waals surface area contributed by atoms with E-state index in [2.05, 4.69) is 4.98 Å². The maximum Gasteiger partial charge on any atom is 0.226 e. The molecule has 0 radical (unpaired) electrons. The van der Waals surface area contributed by atoms with E-state index >= 15 is 0 Å². The quantitative estimate of drug-likeness (QED) is 0.774. The lowest BCUT2D eigenvalue weighted by atomic mass is 10.1. The summed E-state index contributed by atoms with van der Waals surface area (Å²) < 4.78 is 4.97. The summed E-state index contributed by atoms with van der Waals surface area (Å²) in [5, 5.41) is 38.2. The van der Waals surface area contributed by atoms with Gasteiger partial charge < -0.3 is 20.1 Å². The lowest BCUT2D eigenvalue weighted by molar-refractivity contribution is 0.0292. The first-order valence-electron chi connectivity index (χ1n) is 4.45. The summed E-state index contributed by atoms with van der Waals surface area (Å²) in [6, 6.07) is 3.52. The Hall–Kier alpha value is -2.13. The van der Waals surface area contributed by atoms with Crippen molar-refractivity contribution < 1.29 is 14.8 Å². The molecule has 0 saturated carbocycles. The van der Waals surface area contributed by atoms with Crippen LogP contribution in [0.2, 0.25) is 0 Å². The number of hydrogen-bond donors (Lipinski definition) is 2. The minimum atomic E-state index is -0.653. The van der Waals surface area contributed by atoms with Gasteiger partial charge in [-0.1, -0.05) is 0 Å². The van der Waals surface area contributed by atoms with E-state index < -0.39 is 5.23 Å². The fourth-order valence-electron chi connectivity index (χ4n) is 1.31. The largest absolute Gasteiger partial charge is 0.769 e. The van der Waals surface area contributed by atoms with Crippen LogP contribution in [0, 0.1) is 10.4 Å². The summed E-state index contributed by atoms with van der Waals surface area (Å²) in [5.74, 6) is 0.150. The molecule has 2 aromatic rings. The highest BCUT2D eigenvalue weighted by Gasteiger charge is 2.08. The van der Waals surface area contributed by atoms with Crippen molar-refractivity contribution in [1.82, 2.24) is 4.98 Å². The second-order valence-corrected chi connectivity index (χ2v) is 3.12. The standard InChI is InChI=1S/C9H7N3O5/c13-11(14)7-3-6(9-10-1-2-17-9)4-8(5-7)12(15)16/h1-5,13-14H/q-2. The van der Waals surface area contributed by atoms with Crippen molar-refractivity contribution in [3.63, 3.8) is 0 Å². The van der Waals surface area contributed by atoms with Crippen LogP contribution >= 0.6 is 0 Å². The zero-order valence-electron chi connectivity index (χ0n) is 8.35. The van der Waals surface area contributed by atoms with Gasteiger partial charge in [0, 0.05) is 11.3 Å². The van der Waals surface area contributed by atoms with Crippen LogP contribution in [-0.2, 0) is 0 Å². The molecule has 0 aliphatic rings. The second kappa shape index (κ2) is 4.39. The molecule has 8 heteroatoms. The average molecular weight is 237 g/mol. The minimum Gasteiger partial charge on any atom is -0.769 e. The highest BCUT2D eigenvalue weighted by Crippen LogP contribution is 2.28. The minimum absolute atomic E-state index is 0.150. The second-order valence-electron chi connectivity index (χ2n) is 3.12. The maximum absolute atomic E-state index is 10.7. The Balaban J connectivity index is 2.52. The molecule has 0 aliphatic carbocycles. The smallest absolute Gasteiger partial charge is 0.226 e. The summed E-state index contributed by atoms with van der Waals surface area (Å²) in [6.07, 6.45) is 2.69. The van der Waals surface area contributed by atoms with Crippen LogP contribution < -0.4 is 10.5 Å². The molecule has 90 valence electrons. The van der Waals surface area contributed by atoms with Crippen LogP contribution in [-0.4, -0.2) is 15.4 Å². The van der Waals surface area contributed by atoms with Crippen LogP contribution in [0.1, 0.15) is 0 Å². The molecule has 2 rings (SSSR count). The van der Waals surface area contributed by atoms with Gasteiger partial charge in [-0.05, 0) is 18.2 Å². The van der Waals surface area contributed by atoms with Crippen LogP contribution in [0.25, 0.3) is 11.5 Å². The number of benzene rings is 1. The van der Waals surface area contributed by atoms with Crippen molar-refractivity contribution in [3.05, 3.63) is 41.1 Å². The number of oxazole rings is 1. The van der Waals surface area contributed by atoms with Crippen molar-refractivity contribution in [1.29, 1.82) is 0 Å². The molecule has 0 unspecified atom stereocenters. The average Bonchev–Trinajstić information content (AvgIpc) is 2.81. The number of hydrogen-bond acceptors (Lipinski definition) is 8. The van der Waals surface area contributed by atoms with Crippen molar-refractivity contribution in [3.8, 4) is 11.5 Å². The topological polar surface area (TPSA) is 119 Å². The molecule has 17 heavy (non-hydrogen) atoms. The first-order chi connectivity index (χ1) is 8.08. The molecule has 1 aromatic carbocycles. The van der Waals surface area contributed by atoms with Gasteiger partial charge in [0.1, 0.15) is 6.26 Å². The number of aromatic nitrogens is 1. The number of nitrogens with zero attached hydrogens (tertiary/aromatic N) is 3. The normalized spacial score (nSPS) is 10.4. The molecule has 0 atom stereocenters. The van der Waals surface area contributed by atoms with Crippen molar-refractivity contribution in [2.45, 2.75) is 0 Å². The Morgan fingerprint density at radius 2 is 1.82 bits per heavy atom. The summed E-state index contributed by atoms with van der Waals surface area (Å²) in [4.78, 5) is 3.82. The molecule has 8 nitrogen and oxygen atoms in total. The van der Waals surface area contributed by atoms with Crippen LogP contribution in [0.15, 0.2) is 35.1 Å². The van der Waals surface area contributed by atoms with Gasteiger partial charge >= 0.3 is 0 Å². The third-order valence-corrected chi connectivity index (χ3v) is 2.02. The fourth-order valence-corrected chi connectivity index (χ4v) is 1.31. The third-order valence-electron chi connectivity index (χ3n) is 2.02. The van der Waals surface area contributed by atoms with Gasteiger partial charge in [0.25, 0.3) is 0 Å². The van der Waals surface area contributed by atoms with Crippen molar-refractivity contribution in [2.24, 2.45) is 0 Å². The number of rotatable bonds is 3. The molecular formula is C9H7N3O5-2. The van der Waals surface area contributed by atoms with Gasteiger partial charge in [0.15, 0.2) is 0 Å². The Morgan fingerprint density at radius 1 is 1.12 bits per heavy atom. The summed E-state index contributed by atoms with van der Waals surface area (Å²) >= 11 is 0. The Labute approximate surface area is 95.0 Å². The van der Waals surface area contributed by atoms with E-state index in [1.165, 1.54) is 24.6 Å². The van der Waals surface area contributed by atoms with Crippen LogP contribution in [0.3, 0.4) is 0 Å². The predicted octanol–water partition coefficient (Wildman–Crippen LogP) is 1.73.